The lowest BCUT2D eigenvalue weighted by molar-refractivity contribution is 0.1000. The second-order valence-corrected chi connectivity index (χ2v) is 2.27. The first-order valence-electron chi connectivity index (χ1n) is 3.33. The number of primary amides is 1. The van der Waals surface area contributed by atoms with Crippen LogP contribution in [0.5, 0.6) is 0 Å². The van der Waals surface area contributed by atoms with E-state index in [2.05, 4.69) is 0 Å². The van der Waals surface area contributed by atoms with Crippen LogP contribution < -0.4 is 11.5 Å². The Morgan fingerprint density at radius 3 is 2.58 bits per heavy atom. The van der Waals surface area contributed by atoms with Gasteiger partial charge >= 0.3 is 0 Å². The maximum Gasteiger partial charge on any atom is 0.248 e. The van der Waals surface area contributed by atoms with Crippen molar-refractivity contribution in [3.05, 3.63) is 35.4 Å². The summed E-state index contributed by atoms with van der Waals surface area (Å²) in [5.74, 6) is -0.416. The Hall–Kier alpha value is -1.06. The third-order valence-electron chi connectivity index (χ3n) is 1.45. The van der Waals surface area contributed by atoms with E-state index in [1.807, 2.05) is 6.07 Å². The molecule has 1 rings (SSSR count). The quantitative estimate of drug-likeness (QED) is 0.713. The Labute approximate surface area is 77.2 Å². The molecule has 0 saturated carbocycles. The third-order valence-corrected chi connectivity index (χ3v) is 1.45. The minimum absolute atomic E-state index is 0. The van der Waals surface area contributed by atoms with Gasteiger partial charge in [-0.05, 0) is 17.7 Å². The van der Waals surface area contributed by atoms with Crippen molar-refractivity contribution in [1.82, 2.24) is 0 Å². The van der Waals surface area contributed by atoms with Gasteiger partial charge < -0.3 is 11.5 Å². The van der Waals surface area contributed by atoms with E-state index in [0.717, 1.165) is 5.56 Å². The Morgan fingerprint density at radius 2 is 2.08 bits per heavy atom. The summed E-state index contributed by atoms with van der Waals surface area (Å²) in [5, 5.41) is 0. The van der Waals surface area contributed by atoms with Gasteiger partial charge in [0, 0.05) is 12.1 Å². The molecule has 3 nitrogen and oxygen atoms in total. The zero-order chi connectivity index (χ0) is 8.27. The first kappa shape index (κ1) is 10.9. The number of nitrogens with two attached hydrogens (primary N) is 2. The highest BCUT2D eigenvalue weighted by atomic mass is 35.5. The van der Waals surface area contributed by atoms with E-state index < -0.39 is 5.91 Å². The van der Waals surface area contributed by atoms with E-state index in [1.165, 1.54) is 0 Å². The number of benzene rings is 1. The molecule has 0 spiro atoms. The molecule has 12 heavy (non-hydrogen) atoms. The topological polar surface area (TPSA) is 69.1 Å². The average molecular weight is 187 g/mol. The van der Waals surface area contributed by atoms with E-state index in [-0.39, 0.29) is 12.4 Å². The van der Waals surface area contributed by atoms with Crippen molar-refractivity contribution in [2.45, 2.75) is 6.54 Å². The van der Waals surface area contributed by atoms with E-state index in [0.29, 0.717) is 12.1 Å². The first-order valence-corrected chi connectivity index (χ1v) is 3.33. The smallest absolute Gasteiger partial charge is 0.248 e. The number of hydrogen-bond donors (Lipinski definition) is 2. The number of amides is 1. The SMILES string of the molecule is Cl.NCc1cccc(C(N)=O)c1. The van der Waals surface area contributed by atoms with Crippen molar-refractivity contribution >= 4 is 18.3 Å². The second kappa shape index (κ2) is 4.74. The summed E-state index contributed by atoms with van der Waals surface area (Å²) in [6.45, 7) is 0.432. The van der Waals surface area contributed by atoms with Crippen LogP contribution in [0.15, 0.2) is 24.3 Å². The molecule has 0 atom stereocenters. The van der Waals surface area contributed by atoms with Crippen molar-refractivity contribution in [2.24, 2.45) is 11.5 Å². The molecule has 1 amide bonds. The molecule has 0 bridgehead atoms. The Bertz CT molecular complexity index is 276. The van der Waals surface area contributed by atoms with Crippen molar-refractivity contribution in [3.8, 4) is 0 Å². The fourth-order valence-corrected chi connectivity index (χ4v) is 0.852. The van der Waals surface area contributed by atoms with E-state index in [4.69, 9.17) is 11.5 Å². The molecule has 0 fully saturated rings. The highest BCUT2D eigenvalue weighted by Crippen LogP contribution is 2.02. The second-order valence-electron chi connectivity index (χ2n) is 2.27. The summed E-state index contributed by atoms with van der Waals surface area (Å²) in [6.07, 6.45) is 0. The molecule has 0 aliphatic rings. The van der Waals surface area contributed by atoms with Gasteiger partial charge in [0.05, 0.1) is 0 Å². The van der Waals surface area contributed by atoms with E-state index in [1.54, 1.807) is 18.2 Å². The molecule has 1 aromatic carbocycles. The van der Waals surface area contributed by atoms with Gasteiger partial charge in [-0.3, -0.25) is 4.79 Å². The zero-order valence-electron chi connectivity index (χ0n) is 6.49. The van der Waals surface area contributed by atoms with Crippen LogP contribution >= 0.6 is 12.4 Å². The van der Waals surface area contributed by atoms with Gasteiger partial charge in [-0.2, -0.15) is 0 Å². The number of carbonyl (C=O) groups excluding carboxylic acids is 1. The minimum Gasteiger partial charge on any atom is -0.366 e. The standard InChI is InChI=1S/C8H10N2O.ClH/c9-5-6-2-1-3-7(4-6)8(10)11;/h1-4H,5,9H2,(H2,10,11);1H. The summed E-state index contributed by atoms with van der Waals surface area (Å²) >= 11 is 0. The van der Waals surface area contributed by atoms with Gasteiger partial charge in [0.2, 0.25) is 5.91 Å². The van der Waals surface area contributed by atoms with Gasteiger partial charge in [0.1, 0.15) is 0 Å². The number of carbonyl (C=O) groups is 1. The van der Waals surface area contributed by atoms with Crippen LogP contribution in [0.3, 0.4) is 0 Å². The van der Waals surface area contributed by atoms with Crippen molar-refractivity contribution < 1.29 is 4.79 Å². The molecule has 0 aromatic heterocycles. The molecule has 1 aromatic rings. The molecule has 4 N–H and O–H groups in total. The average Bonchev–Trinajstić information content (AvgIpc) is 2.05. The Morgan fingerprint density at radius 1 is 1.42 bits per heavy atom. The molecular weight excluding hydrogens is 176 g/mol. The summed E-state index contributed by atoms with van der Waals surface area (Å²) < 4.78 is 0. The lowest BCUT2D eigenvalue weighted by atomic mass is 10.1. The Balaban J connectivity index is 0.00000121. The fourth-order valence-electron chi connectivity index (χ4n) is 0.852. The predicted molar refractivity (Wildman–Crippen MR) is 50.1 cm³/mol. The molecule has 0 heterocycles. The van der Waals surface area contributed by atoms with Crippen molar-refractivity contribution in [1.29, 1.82) is 0 Å². The number of rotatable bonds is 2. The molecule has 66 valence electrons. The van der Waals surface area contributed by atoms with Gasteiger partial charge in [0.25, 0.3) is 0 Å². The molecule has 0 aliphatic heterocycles. The van der Waals surface area contributed by atoms with Gasteiger partial charge in [-0.25, -0.2) is 0 Å². The van der Waals surface area contributed by atoms with Crippen LogP contribution in [0.25, 0.3) is 0 Å². The lowest BCUT2D eigenvalue weighted by Crippen LogP contribution is -2.11. The summed E-state index contributed by atoms with van der Waals surface area (Å²) in [4.78, 5) is 10.7. The summed E-state index contributed by atoms with van der Waals surface area (Å²) in [5.41, 5.74) is 11.8. The van der Waals surface area contributed by atoms with Gasteiger partial charge in [-0.1, -0.05) is 12.1 Å². The third kappa shape index (κ3) is 2.53. The molecule has 0 radical (unpaired) electrons. The highest BCUT2D eigenvalue weighted by Gasteiger charge is 1.98. The molecule has 0 unspecified atom stereocenters. The van der Waals surface area contributed by atoms with Crippen LogP contribution in [0, 0.1) is 0 Å². The van der Waals surface area contributed by atoms with Crippen LogP contribution in [0.2, 0.25) is 0 Å². The van der Waals surface area contributed by atoms with Crippen LogP contribution in [0.1, 0.15) is 15.9 Å². The molecule has 0 saturated heterocycles. The molecular formula is C8H11ClN2O. The normalized spacial score (nSPS) is 8.75. The minimum atomic E-state index is -0.416. The maximum absolute atomic E-state index is 10.7. The monoisotopic (exact) mass is 186 g/mol. The van der Waals surface area contributed by atoms with Crippen LogP contribution in [0.4, 0.5) is 0 Å². The first-order chi connectivity index (χ1) is 5.24. The maximum atomic E-state index is 10.7. The lowest BCUT2D eigenvalue weighted by Gasteiger charge is -1.97. The van der Waals surface area contributed by atoms with Crippen LogP contribution in [-0.4, -0.2) is 5.91 Å². The van der Waals surface area contributed by atoms with E-state index >= 15 is 0 Å². The Kier molecular flexibility index (Phi) is 4.33. The number of halogens is 1. The van der Waals surface area contributed by atoms with Crippen molar-refractivity contribution in [2.75, 3.05) is 0 Å². The zero-order valence-corrected chi connectivity index (χ0v) is 7.30. The van der Waals surface area contributed by atoms with Crippen LogP contribution in [-0.2, 0) is 6.54 Å². The molecule has 0 aliphatic carbocycles. The predicted octanol–water partition coefficient (Wildman–Crippen LogP) is 0.666. The largest absolute Gasteiger partial charge is 0.366 e. The summed E-state index contributed by atoms with van der Waals surface area (Å²) in [6, 6.07) is 6.98. The van der Waals surface area contributed by atoms with E-state index in [9.17, 15) is 4.79 Å². The van der Waals surface area contributed by atoms with Gasteiger partial charge in [-0.15, -0.1) is 12.4 Å². The van der Waals surface area contributed by atoms with Crippen molar-refractivity contribution in [3.63, 3.8) is 0 Å². The van der Waals surface area contributed by atoms with Gasteiger partial charge in [0.15, 0.2) is 0 Å². The summed E-state index contributed by atoms with van der Waals surface area (Å²) in [7, 11) is 0. The number of hydrogen-bond acceptors (Lipinski definition) is 2. The highest BCUT2D eigenvalue weighted by molar-refractivity contribution is 5.92. The molecule has 4 heteroatoms. The fraction of sp³-hybridized carbons (Fsp3) is 0.125.